The van der Waals surface area contributed by atoms with Crippen LogP contribution in [-0.2, 0) is 6.54 Å². The zero-order valence-electron chi connectivity index (χ0n) is 12.1. The zero-order valence-corrected chi connectivity index (χ0v) is 12.1. The van der Waals surface area contributed by atoms with Gasteiger partial charge in [0.15, 0.2) is 0 Å². The summed E-state index contributed by atoms with van der Waals surface area (Å²) in [5.74, 6) is 0. The first-order valence-corrected chi connectivity index (χ1v) is 7.43. The Morgan fingerprint density at radius 1 is 1.11 bits per heavy atom. The molecule has 0 amide bonds. The monoisotopic (exact) mass is 248 g/mol. The lowest BCUT2D eigenvalue weighted by molar-refractivity contribution is -1.03. The van der Waals surface area contributed by atoms with Crippen LogP contribution in [0.1, 0.15) is 31.4 Å². The standard InChI is InChI=1S/C16H26N2/c1-4-15(3)18-11-9-17(10-12-18)13-16-8-6-5-7-14(16)2/h5-8,15H,4,9-13H2,1-3H3/p+2/t15-/m1/s1. The van der Waals surface area contributed by atoms with E-state index in [2.05, 4.69) is 45.0 Å². The van der Waals surface area contributed by atoms with Crippen LogP contribution in [0.2, 0.25) is 0 Å². The van der Waals surface area contributed by atoms with Gasteiger partial charge >= 0.3 is 0 Å². The third-order valence-corrected chi connectivity index (χ3v) is 4.61. The molecule has 1 atom stereocenters. The number of hydrogen-bond acceptors (Lipinski definition) is 0. The Morgan fingerprint density at radius 3 is 2.39 bits per heavy atom. The van der Waals surface area contributed by atoms with E-state index in [-0.39, 0.29) is 0 Å². The lowest BCUT2D eigenvalue weighted by Gasteiger charge is -2.33. The second-order valence-corrected chi connectivity index (χ2v) is 5.82. The van der Waals surface area contributed by atoms with Gasteiger partial charge in [0.1, 0.15) is 32.7 Å². The van der Waals surface area contributed by atoms with Gasteiger partial charge in [-0.3, -0.25) is 0 Å². The van der Waals surface area contributed by atoms with E-state index < -0.39 is 0 Å². The van der Waals surface area contributed by atoms with Gasteiger partial charge in [0.05, 0.1) is 6.04 Å². The molecule has 0 spiro atoms. The Hall–Kier alpha value is -0.860. The van der Waals surface area contributed by atoms with E-state index in [0.29, 0.717) is 0 Å². The van der Waals surface area contributed by atoms with Gasteiger partial charge in [-0.25, -0.2) is 0 Å². The highest BCUT2D eigenvalue weighted by molar-refractivity contribution is 5.24. The second-order valence-electron chi connectivity index (χ2n) is 5.82. The van der Waals surface area contributed by atoms with Crippen molar-refractivity contribution in [3.8, 4) is 0 Å². The van der Waals surface area contributed by atoms with Crippen molar-refractivity contribution in [3.63, 3.8) is 0 Å². The molecule has 1 aliphatic rings. The van der Waals surface area contributed by atoms with Gasteiger partial charge in [0.25, 0.3) is 0 Å². The molecule has 0 unspecified atom stereocenters. The van der Waals surface area contributed by atoms with E-state index in [1.807, 2.05) is 4.90 Å². The summed E-state index contributed by atoms with van der Waals surface area (Å²) in [6, 6.07) is 9.66. The third kappa shape index (κ3) is 3.33. The van der Waals surface area contributed by atoms with Crippen LogP contribution >= 0.6 is 0 Å². The number of quaternary nitrogens is 2. The highest BCUT2D eigenvalue weighted by atomic mass is 15.3. The van der Waals surface area contributed by atoms with E-state index in [4.69, 9.17) is 0 Å². The van der Waals surface area contributed by atoms with E-state index in [1.165, 1.54) is 50.3 Å². The van der Waals surface area contributed by atoms with Crippen LogP contribution in [0, 0.1) is 6.92 Å². The Bertz CT molecular complexity index is 367. The highest BCUT2D eigenvalue weighted by Crippen LogP contribution is 2.04. The lowest BCUT2D eigenvalue weighted by Crippen LogP contribution is -3.29. The van der Waals surface area contributed by atoms with Crippen LogP contribution in [-0.4, -0.2) is 32.2 Å². The van der Waals surface area contributed by atoms with Crippen LogP contribution < -0.4 is 9.80 Å². The van der Waals surface area contributed by atoms with Crippen molar-refractivity contribution in [1.29, 1.82) is 0 Å². The normalized spacial score (nSPS) is 25.9. The molecule has 2 rings (SSSR count). The SMILES string of the molecule is CC[C@@H](C)[NH+]1CC[NH+](Cc2ccccc2C)CC1. The predicted molar refractivity (Wildman–Crippen MR) is 76.0 cm³/mol. The first kappa shape index (κ1) is 13.6. The molecular weight excluding hydrogens is 220 g/mol. The molecule has 2 N–H and O–H groups in total. The molecule has 0 bridgehead atoms. The Labute approximate surface area is 112 Å². The quantitative estimate of drug-likeness (QED) is 0.747. The zero-order chi connectivity index (χ0) is 13.0. The number of piperazine rings is 1. The maximum atomic E-state index is 2.39. The summed E-state index contributed by atoms with van der Waals surface area (Å²) >= 11 is 0. The second kappa shape index (κ2) is 6.35. The van der Waals surface area contributed by atoms with Crippen LogP contribution in [0.4, 0.5) is 0 Å². The fourth-order valence-corrected chi connectivity index (χ4v) is 2.96. The molecule has 18 heavy (non-hydrogen) atoms. The number of benzene rings is 1. The van der Waals surface area contributed by atoms with E-state index in [1.54, 1.807) is 4.90 Å². The predicted octanol–water partition coefficient (Wildman–Crippen LogP) is 0.0769. The van der Waals surface area contributed by atoms with Crippen molar-refractivity contribution >= 4 is 0 Å². The van der Waals surface area contributed by atoms with Crippen molar-refractivity contribution in [3.05, 3.63) is 35.4 Å². The molecule has 0 aliphatic carbocycles. The molecular formula is C16H28N2+2. The minimum Gasteiger partial charge on any atom is -0.323 e. The van der Waals surface area contributed by atoms with Crippen LogP contribution in [0.5, 0.6) is 0 Å². The molecule has 1 aromatic carbocycles. The summed E-state index contributed by atoms with van der Waals surface area (Å²) < 4.78 is 0. The van der Waals surface area contributed by atoms with Gasteiger partial charge in [-0.2, -0.15) is 0 Å². The number of rotatable bonds is 4. The molecule has 2 heteroatoms. The minimum atomic E-state index is 0.838. The van der Waals surface area contributed by atoms with Crippen LogP contribution in [0.15, 0.2) is 24.3 Å². The molecule has 1 aromatic rings. The van der Waals surface area contributed by atoms with Crippen molar-refractivity contribution in [2.45, 2.75) is 39.8 Å². The van der Waals surface area contributed by atoms with E-state index >= 15 is 0 Å². The molecule has 0 radical (unpaired) electrons. The molecule has 1 saturated heterocycles. The lowest BCUT2D eigenvalue weighted by atomic mass is 10.1. The molecule has 1 heterocycles. The number of aryl methyl sites for hydroxylation is 1. The van der Waals surface area contributed by atoms with Crippen molar-refractivity contribution < 1.29 is 9.80 Å². The summed E-state index contributed by atoms with van der Waals surface area (Å²) in [5, 5.41) is 0. The van der Waals surface area contributed by atoms with Gasteiger partial charge in [-0.15, -0.1) is 0 Å². The van der Waals surface area contributed by atoms with E-state index in [0.717, 1.165) is 6.04 Å². The van der Waals surface area contributed by atoms with E-state index in [9.17, 15) is 0 Å². The molecule has 100 valence electrons. The van der Waals surface area contributed by atoms with Crippen molar-refractivity contribution in [2.75, 3.05) is 26.2 Å². The molecule has 0 aromatic heterocycles. The minimum absolute atomic E-state index is 0.838. The molecule has 0 saturated carbocycles. The average Bonchev–Trinajstić information content (AvgIpc) is 2.41. The van der Waals surface area contributed by atoms with Gasteiger partial charge in [0, 0.05) is 5.56 Å². The van der Waals surface area contributed by atoms with Gasteiger partial charge < -0.3 is 9.80 Å². The average molecular weight is 248 g/mol. The number of hydrogen-bond donors (Lipinski definition) is 2. The third-order valence-electron chi connectivity index (χ3n) is 4.61. The first-order chi connectivity index (χ1) is 8.70. The van der Waals surface area contributed by atoms with Crippen molar-refractivity contribution in [2.24, 2.45) is 0 Å². The summed E-state index contributed by atoms with van der Waals surface area (Å²) in [6.07, 6.45) is 1.31. The van der Waals surface area contributed by atoms with Gasteiger partial charge in [0.2, 0.25) is 0 Å². The highest BCUT2D eigenvalue weighted by Gasteiger charge is 2.26. The fourth-order valence-electron chi connectivity index (χ4n) is 2.96. The Balaban J connectivity index is 1.86. The molecule has 1 fully saturated rings. The van der Waals surface area contributed by atoms with Crippen molar-refractivity contribution in [1.82, 2.24) is 0 Å². The van der Waals surface area contributed by atoms with Crippen LogP contribution in [0.25, 0.3) is 0 Å². The molecule has 2 nitrogen and oxygen atoms in total. The summed E-state index contributed by atoms with van der Waals surface area (Å²) in [7, 11) is 0. The largest absolute Gasteiger partial charge is 0.323 e. The topological polar surface area (TPSA) is 8.88 Å². The van der Waals surface area contributed by atoms with Gasteiger partial charge in [-0.05, 0) is 25.8 Å². The summed E-state index contributed by atoms with van der Waals surface area (Å²) in [4.78, 5) is 3.57. The summed E-state index contributed by atoms with van der Waals surface area (Å²) in [6.45, 7) is 13.5. The Kier molecular flexibility index (Phi) is 4.79. The Morgan fingerprint density at radius 2 is 1.78 bits per heavy atom. The maximum Gasteiger partial charge on any atom is 0.127 e. The first-order valence-electron chi connectivity index (χ1n) is 7.43. The maximum absolute atomic E-state index is 2.39. The van der Waals surface area contributed by atoms with Gasteiger partial charge in [-0.1, -0.05) is 31.2 Å². The van der Waals surface area contributed by atoms with Crippen LogP contribution in [0.3, 0.4) is 0 Å². The summed E-state index contributed by atoms with van der Waals surface area (Å²) in [5.41, 5.74) is 2.97. The number of nitrogens with one attached hydrogen (secondary N) is 2. The smallest absolute Gasteiger partial charge is 0.127 e. The molecule has 1 aliphatic heterocycles. The fraction of sp³-hybridized carbons (Fsp3) is 0.625.